The third-order valence-corrected chi connectivity index (χ3v) is 5.25. The van der Waals surface area contributed by atoms with Crippen LogP contribution in [-0.2, 0) is 10.0 Å². The molecule has 0 bridgehead atoms. The summed E-state index contributed by atoms with van der Waals surface area (Å²) in [6.07, 6.45) is 0. The van der Waals surface area contributed by atoms with E-state index >= 15 is 0 Å². The smallest absolute Gasteiger partial charge is 0.266 e. The minimum absolute atomic E-state index is 0.0818. The molecule has 0 heterocycles. The van der Waals surface area contributed by atoms with Crippen molar-refractivity contribution in [1.82, 2.24) is 10.3 Å². The number of aryl methyl sites for hydroxylation is 2. The van der Waals surface area contributed by atoms with Crippen LogP contribution in [0.1, 0.15) is 21.5 Å². The van der Waals surface area contributed by atoms with E-state index in [1.807, 2.05) is 6.92 Å². The van der Waals surface area contributed by atoms with Gasteiger partial charge < -0.3 is 14.2 Å². The van der Waals surface area contributed by atoms with Crippen LogP contribution in [0.2, 0.25) is 0 Å². The number of carbonyl (C=O) groups excluding carboxylic acids is 1. The molecular formula is C18H22N2O6S. The molecule has 2 rings (SSSR count). The minimum atomic E-state index is -3.92. The van der Waals surface area contributed by atoms with Crippen LogP contribution < -0.4 is 24.5 Å². The summed E-state index contributed by atoms with van der Waals surface area (Å²) in [6.45, 7) is 3.55. The van der Waals surface area contributed by atoms with Crippen molar-refractivity contribution in [3.05, 3.63) is 47.0 Å². The van der Waals surface area contributed by atoms with Crippen molar-refractivity contribution in [1.29, 1.82) is 0 Å². The average molecular weight is 394 g/mol. The Balaban J connectivity index is 2.25. The van der Waals surface area contributed by atoms with E-state index in [0.717, 1.165) is 5.56 Å². The Morgan fingerprint density at radius 3 is 2.00 bits per heavy atom. The van der Waals surface area contributed by atoms with E-state index in [0.29, 0.717) is 11.3 Å². The molecule has 0 radical (unpaired) electrons. The predicted molar refractivity (Wildman–Crippen MR) is 99.8 cm³/mol. The Morgan fingerprint density at radius 1 is 0.926 bits per heavy atom. The minimum Gasteiger partial charge on any atom is -0.493 e. The highest BCUT2D eigenvalue weighted by Crippen LogP contribution is 2.38. The van der Waals surface area contributed by atoms with Gasteiger partial charge in [-0.15, -0.1) is 4.83 Å². The summed E-state index contributed by atoms with van der Waals surface area (Å²) in [7, 11) is 0.356. The van der Waals surface area contributed by atoms with Gasteiger partial charge in [0.05, 0.1) is 26.2 Å². The summed E-state index contributed by atoms with van der Waals surface area (Å²) in [5, 5.41) is 0. The first-order valence-electron chi connectivity index (χ1n) is 7.93. The summed E-state index contributed by atoms with van der Waals surface area (Å²) in [6, 6.07) is 7.75. The number of rotatable bonds is 7. The largest absolute Gasteiger partial charge is 0.493 e. The Kier molecular flexibility index (Phi) is 6.29. The fraction of sp³-hybridized carbons (Fsp3) is 0.278. The van der Waals surface area contributed by atoms with Crippen molar-refractivity contribution in [2.24, 2.45) is 0 Å². The highest BCUT2D eigenvalue weighted by molar-refractivity contribution is 7.89. The van der Waals surface area contributed by atoms with Crippen LogP contribution in [0.5, 0.6) is 17.2 Å². The molecule has 8 nitrogen and oxygen atoms in total. The Labute approximate surface area is 158 Å². The Bertz CT molecular complexity index is 931. The fourth-order valence-electron chi connectivity index (χ4n) is 2.55. The molecule has 0 aliphatic rings. The first-order valence-corrected chi connectivity index (χ1v) is 9.41. The fourth-order valence-corrected chi connectivity index (χ4v) is 3.62. The summed E-state index contributed by atoms with van der Waals surface area (Å²) in [5.41, 5.74) is 3.83. The van der Waals surface area contributed by atoms with Gasteiger partial charge in [0.2, 0.25) is 5.75 Å². The lowest BCUT2D eigenvalue weighted by atomic mass is 10.1. The van der Waals surface area contributed by atoms with Gasteiger partial charge in [0.15, 0.2) is 11.5 Å². The van der Waals surface area contributed by atoms with E-state index < -0.39 is 15.9 Å². The second kappa shape index (κ2) is 8.28. The van der Waals surface area contributed by atoms with E-state index in [1.165, 1.54) is 39.5 Å². The SMILES string of the molecule is COc1cc(C(=O)NNS(=O)(=O)c2ccc(C)cc2C)cc(OC)c1OC. The van der Waals surface area contributed by atoms with E-state index in [4.69, 9.17) is 14.2 Å². The van der Waals surface area contributed by atoms with Gasteiger partial charge in [0.25, 0.3) is 15.9 Å². The van der Waals surface area contributed by atoms with Crippen LogP contribution in [0.15, 0.2) is 35.2 Å². The summed E-state index contributed by atoms with van der Waals surface area (Å²) in [5.74, 6) is 0.202. The van der Waals surface area contributed by atoms with Crippen LogP contribution in [0.25, 0.3) is 0 Å². The molecule has 9 heteroatoms. The maximum absolute atomic E-state index is 12.5. The maximum Gasteiger partial charge on any atom is 0.266 e. The molecular weight excluding hydrogens is 372 g/mol. The van der Waals surface area contributed by atoms with Crippen LogP contribution in [0.3, 0.4) is 0 Å². The number of hydrogen-bond donors (Lipinski definition) is 2. The Hall–Kier alpha value is -2.78. The zero-order valence-corrected chi connectivity index (χ0v) is 16.6. The first-order chi connectivity index (χ1) is 12.7. The lowest BCUT2D eigenvalue weighted by molar-refractivity contribution is 0.0944. The lowest BCUT2D eigenvalue weighted by Crippen LogP contribution is -2.41. The van der Waals surface area contributed by atoms with E-state index in [9.17, 15) is 13.2 Å². The van der Waals surface area contributed by atoms with Crippen molar-refractivity contribution in [3.8, 4) is 17.2 Å². The number of methoxy groups -OCH3 is 3. The first kappa shape index (κ1) is 20.5. The molecule has 0 aliphatic heterocycles. The van der Waals surface area contributed by atoms with Crippen molar-refractivity contribution in [3.63, 3.8) is 0 Å². The van der Waals surface area contributed by atoms with Gasteiger partial charge in [-0.1, -0.05) is 17.7 Å². The standard InChI is InChI=1S/C18H22N2O6S/c1-11-6-7-16(12(2)8-11)27(22,23)20-19-18(21)13-9-14(24-3)17(26-5)15(10-13)25-4/h6-10,20H,1-5H3,(H,19,21). The van der Waals surface area contributed by atoms with Crippen molar-refractivity contribution >= 4 is 15.9 Å². The van der Waals surface area contributed by atoms with Gasteiger partial charge in [0, 0.05) is 5.56 Å². The zero-order chi connectivity index (χ0) is 20.2. The number of benzene rings is 2. The zero-order valence-electron chi connectivity index (χ0n) is 15.7. The number of nitrogens with one attached hydrogen (secondary N) is 2. The third kappa shape index (κ3) is 4.50. The van der Waals surface area contributed by atoms with Crippen molar-refractivity contribution in [2.45, 2.75) is 18.7 Å². The summed E-state index contributed by atoms with van der Waals surface area (Å²) < 4.78 is 40.5. The second-order valence-corrected chi connectivity index (χ2v) is 7.39. The normalized spacial score (nSPS) is 11.0. The molecule has 27 heavy (non-hydrogen) atoms. The van der Waals surface area contributed by atoms with Crippen molar-refractivity contribution in [2.75, 3.05) is 21.3 Å². The molecule has 0 aromatic heterocycles. The summed E-state index contributed by atoms with van der Waals surface area (Å²) in [4.78, 5) is 14.6. The molecule has 0 aliphatic carbocycles. The topological polar surface area (TPSA) is 103 Å². The lowest BCUT2D eigenvalue weighted by Gasteiger charge is -2.15. The van der Waals surface area contributed by atoms with Gasteiger partial charge in [-0.05, 0) is 37.6 Å². The predicted octanol–water partition coefficient (Wildman–Crippen LogP) is 1.95. The number of hydrogen-bond acceptors (Lipinski definition) is 6. The average Bonchev–Trinajstić information content (AvgIpc) is 2.64. The quantitative estimate of drug-likeness (QED) is 0.696. The van der Waals surface area contributed by atoms with E-state index in [1.54, 1.807) is 19.1 Å². The molecule has 146 valence electrons. The second-order valence-electron chi connectivity index (χ2n) is 5.74. The van der Waals surface area contributed by atoms with Gasteiger partial charge in [-0.25, -0.2) is 8.42 Å². The van der Waals surface area contributed by atoms with Gasteiger partial charge in [0.1, 0.15) is 0 Å². The number of amides is 1. The highest BCUT2D eigenvalue weighted by Gasteiger charge is 2.20. The number of ether oxygens (including phenoxy) is 3. The number of sulfonamides is 1. The number of hydrazine groups is 1. The number of carbonyl (C=O) groups is 1. The third-order valence-electron chi connectivity index (χ3n) is 3.85. The molecule has 0 spiro atoms. The highest BCUT2D eigenvalue weighted by atomic mass is 32.2. The molecule has 0 fully saturated rings. The Morgan fingerprint density at radius 2 is 1.52 bits per heavy atom. The molecule has 0 saturated heterocycles. The molecule has 1 amide bonds. The van der Waals surface area contributed by atoms with Gasteiger partial charge in [-0.2, -0.15) is 0 Å². The molecule has 2 aromatic carbocycles. The van der Waals surface area contributed by atoms with Crippen LogP contribution >= 0.6 is 0 Å². The molecule has 2 N–H and O–H groups in total. The van der Waals surface area contributed by atoms with Crippen LogP contribution in [0, 0.1) is 13.8 Å². The molecule has 0 saturated carbocycles. The maximum atomic E-state index is 12.5. The van der Waals surface area contributed by atoms with Gasteiger partial charge in [-0.3, -0.25) is 10.2 Å². The van der Waals surface area contributed by atoms with E-state index in [2.05, 4.69) is 10.3 Å². The molecule has 0 atom stereocenters. The van der Waals surface area contributed by atoms with Crippen LogP contribution in [-0.4, -0.2) is 35.7 Å². The van der Waals surface area contributed by atoms with Crippen molar-refractivity contribution < 1.29 is 27.4 Å². The summed E-state index contributed by atoms with van der Waals surface area (Å²) >= 11 is 0. The van der Waals surface area contributed by atoms with Crippen LogP contribution in [0.4, 0.5) is 0 Å². The van der Waals surface area contributed by atoms with Gasteiger partial charge >= 0.3 is 0 Å². The molecule has 2 aromatic rings. The molecule has 0 unspecified atom stereocenters. The van der Waals surface area contributed by atoms with E-state index in [-0.39, 0.29) is 22.0 Å². The monoisotopic (exact) mass is 394 g/mol.